The first-order chi connectivity index (χ1) is 7.45. The number of hydrogen-bond donors (Lipinski definition) is 3. The molecular weight excluding hydrogens is 208 g/mol. The van der Waals surface area contributed by atoms with E-state index in [9.17, 15) is 0 Å². The van der Waals surface area contributed by atoms with Gasteiger partial charge in [-0.2, -0.15) is 0 Å². The van der Waals surface area contributed by atoms with Crippen LogP contribution in [0, 0.1) is 0 Å². The van der Waals surface area contributed by atoms with Crippen LogP contribution < -0.4 is 16.6 Å². The Balaban J connectivity index is 4.21. The molecule has 0 amide bonds. The molecule has 0 aromatic rings. The molecule has 4 N–H and O–H groups in total. The van der Waals surface area contributed by atoms with Gasteiger partial charge in [0.15, 0.2) is 0 Å². The molecule has 0 aromatic carbocycles. The predicted octanol–water partition coefficient (Wildman–Crippen LogP) is -0.145. The fourth-order valence-electron chi connectivity index (χ4n) is 0.992. The second-order valence-electron chi connectivity index (χ2n) is 4.27. The molecule has 0 heterocycles. The summed E-state index contributed by atoms with van der Waals surface area (Å²) in [5.74, 6) is 5.90. The third kappa shape index (κ3) is 6.60. The number of nitrogens with two attached hydrogens (primary N) is 1. The Morgan fingerprint density at radius 2 is 2.06 bits per heavy atom. The molecule has 0 fully saturated rings. The van der Waals surface area contributed by atoms with E-state index < -0.39 is 0 Å². The van der Waals surface area contributed by atoms with Crippen molar-refractivity contribution in [3.05, 3.63) is 0 Å². The Hall–Kier alpha value is -0.850. The van der Waals surface area contributed by atoms with Crippen LogP contribution in [-0.4, -0.2) is 45.0 Å². The molecule has 6 nitrogen and oxygen atoms in total. The molecule has 0 rings (SSSR count). The normalized spacial score (nSPS) is 14.8. The van der Waals surface area contributed by atoms with Crippen LogP contribution in [-0.2, 0) is 9.47 Å². The highest BCUT2D eigenvalue weighted by molar-refractivity contribution is 5.79. The number of methoxy groups -OCH3 is 2. The number of rotatable bonds is 6. The number of hydrogen-bond acceptors (Lipinski definition) is 4. The quantitative estimate of drug-likeness (QED) is 0.257. The number of nitrogens with one attached hydrogen (secondary N) is 2. The molecule has 0 radical (unpaired) electrons. The minimum Gasteiger partial charge on any atom is -0.383 e. The predicted molar refractivity (Wildman–Crippen MR) is 65.2 cm³/mol. The summed E-state index contributed by atoms with van der Waals surface area (Å²) in [6.45, 7) is 7.02. The lowest BCUT2D eigenvalue weighted by molar-refractivity contribution is 0.0310. The minimum absolute atomic E-state index is 0.144. The summed E-state index contributed by atoms with van der Waals surface area (Å²) in [4.78, 5) is 4.30. The van der Waals surface area contributed by atoms with Crippen LogP contribution in [0.25, 0.3) is 0 Å². The molecule has 0 saturated heterocycles. The summed E-state index contributed by atoms with van der Waals surface area (Å²) in [5.41, 5.74) is 2.22. The van der Waals surface area contributed by atoms with Crippen LogP contribution in [0.5, 0.6) is 0 Å². The Labute approximate surface area is 97.6 Å². The topological polar surface area (TPSA) is 80.9 Å². The molecule has 0 bridgehead atoms. The third-order valence-electron chi connectivity index (χ3n) is 2.11. The first-order valence-corrected chi connectivity index (χ1v) is 5.27. The van der Waals surface area contributed by atoms with Gasteiger partial charge in [0, 0.05) is 20.3 Å². The van der Waals surface area contributed by atoms with Crippen molar-refractivity contribution in [2.75, 3.05) is 27.4 Å². The van der Waals surface area contributed by atoms with Gasteiger partial charge in [0.1, 0.15) is 0 Å². The lowest BCUT2D eigenvalue weighted by Gasteiger charge is -2.22. The van der Waals surface area contributed by atoms with Crippen molar-refractivity contribution in [2.24, 2.45) is 10.8 Å². The average Bonchev–Trinajstić information content (AvgIpc) is 2.24. The molecule has 0 saturated carbocycles. The Kier molecular flexibility index (Phi) is 7.03. The zero-order chi connectivity index (χ0) is 12.6. The largest absolute Gasteiger partial charge is 0.383 e. The Bertz CT molecular complexity index is 219. The summed E-state index contributed by atoms with van der Waals surface area (Å²) >= 11 is 0. The summed E-state index contributed by atoms with van der Waals surface area (Å²) < 4.78 is 10.3. The van der Waals surface area contributed by atoms with Gasteiger partial charge >= 0.3 is 0 Å². The maximum atomic E-state index is 5.36. The van der Waals surface area contributed by atoms with E-state index in [1.54, 1.807) is 14.2 Å². The molecule has 1 unspecified atom stereocenters. The summed E-state index contributed by atoms with van der Waals surface area (Å²) in [6, 6.07) is 0.144. The van der Waals surface area contributed by atoms with Gasteiger partial charge in [-0.1, -0.05) is 0 Å². The van der Waals surface area contributed by atoms with Crippen LogP contribution in [0.3, 0.4) is 0 Å². The van der Waals surface area contributed by atoms with Crippen LogP contribution >= 0.6 is 0 Å². The lowest BCUT2D eigenvalue weighted by Crippen LogP contribution is -2.47. The van der Waals surface area contributed by atoms with E-state index in [1.807, 2.05) is 20.8 Å². The van der Waals surface area contributed by atoms with Crippen molar-refractivity contribution in [2.45, 2.75) is 32.4 Å². The van der Waals surface area contributed by atoms with E-state index in [4.69, 9.17) is 15.3 Å². The number of ether oxygens (including phenoxy) is 2. The molecule has 0 aliphatic carbocycles. The highest BCUT2D eigenvalue weighted by atomic mass is 16.5. The molecule has 0 aliphatic rings. The van der Waals surface area contributed by atoms with Crippen molar-refractivity contribution in [1.82, 2.24) is 10.7 Å². The third-order valence-corrected chi connectivity index (χ3v) is 2.11. The second kappa shape index (κ2) is 7.43. The van der Waals surface area contributed by atoms with Gasteiger partial charge in [-0.3, -0.25) is 5.43 Å². The summed E-state index contributed by atoms with van der Waals surface area (Å²) in [7, 11) is 3.31. The molecule has 6 heteroatoms. The van der Waals surface area contributed by atoms with Crippen LogP contribution in [0.1, 0.15) is 20.8 Å². The molecule has 0 spiro atoms. The van der Waals surface area contributed by atoms with E-state index in [0.29, 0.717) is 19.1 Å². The number of hydrazine groups is 1. The zero-order valence-corrected chi connectivity index (χ0v) is 10.8. The van der Waals surface area contributed by atoms with Crippen LogP contribution in [0.15, 0.2) is 4.99 Å². The molecule has 0 aromatic heterocycles. The fourth-order valence-corrected chi connectivity index (χ4v) is 0.992. The number of aliphatic imine (C=N–C) groups is 1. The molecular formula is C10H24N4O2. The van der Waals surface area contributed by atoms with Crippen molar-refractivity contribution >= 4 is 5.96 Å². The number of guanidine groups is 1. The highest BCUT2D eigenvalue weighted by Crippen LogP contribution is 2.06. The summed E-state index contributed by atoms with van der Waals surface area (Å²) in [5, 5.41) is 3.10. The smallest absolute Gasteiger partial charge is 0.206 e. The van der Waals surface area contributed by atoms with Crippen LogP contribution in [0.2, 0.25) is 0 Å². The second-order valence-corrected chi connectivity index (χ2v) is 4.27. The van der Waals surface area contributed by atoms with E-state index in [-0.39, 0.29) is 11.6 Å². The lowest BCUT2D eigenvalue weighted by atomic mass is 10.1. The Morgan fingerprint density at radius 1 is 1.44 bits per heavy atom. The van der Waals surface area contributed by atoms with Gasteiger partial charge in [0.05, 0.1) is 18.8 Å². The van der Waals surface area contributed by atoms with Crippen LogP contribution in [0.4, 0.5) is 0 Å². The zero-order valence-electron chi connectivity index (χ0n) is 10.8. The standard InChI is InChI=1S/C10H24N4O2/c1-8(6-15-4)13-9(14-11)12-7-10(2,3)16-5/h8H,6-7,11H2,1-5H3,(H2,12,13,14). The fraction of sp³-hybridized carbons (Fsp3) is 0.900. The van der Waals surface area contributed by atoms with Crippen molar-refractivity contribution < 1.29 is 9.47 Å². The van der Waals surface area contributed by atoms with Gasteiger partial charge in [-0.15, -0.1) is 0 Å². The van der Waals surface area contributed by atoms with Gasteiger partial charge in [-0.05, 0) is 20.8 Å². The van der Waals surface area contributed by atoms with Gasteiger partial charge in [0.2, 0.25) is 5.96 Å². The van der Waals surface area contributed by atoms with E-state index in [2.05, 4.69) is 15.7 Å². The van der Waals surface area contributed by atoms with Gasteiger partial charge < -0.3 is 14.8 Å². The highest BCUT2D eigenvalue weighted by Gasteiger charge is 2.15. The van der Waals surface area contributed by atoms with Crippen molar-refractivity contribution in [3.8, 4) is 0 Å². The minimum atomic E-state index is -0.297. The molecule has 1 atom stereocenters. The van der Waals surface area contributed by atoms with E-state index >= 15 is 0 Å². The van der Waals surface area contributed by atoms with E-state index in [1.165, 1.54) is 0 Å². The number of nitrogens with zero attached hydrogens (tertiary/aromatic N) is 1. The van der Waals surface area contributed by atoms with Gasteiger partial charge in [0.25, 0.3) is 0 Å². The molecule has 0 aliphatic heterocycles. The maximum Gasteiger partial charge on any atom is 0.206 e. The van der Waals surface area contributed by atoms with Crippen molar-refractivity contribution in [3.63, 3.8) is 0 Å². The van der Waals surface area contributed by atoms with E-state index in [0.717, 1.165) is 0 Å². The van der Waals surface area contributed by atoms with Crippen molar-refractivity contribution in [1.29, 1.82) is 0 Å². The Morgan fingerprint density at radius 3 is 2.50 bits per heavy atom. The maximum absolute atomic E-state index is 5.36. The average molecular weight is 232 g/mol. The molecule has 96 valence electrons. The first-order valence-electron chi connectivity index (χ1n) is 5.27. The SMILES string of the molecule is COCC(C)NC(=NCC(C)(C)OC)NN. The molecule has 16 heavy (non-hydrogen) atoms. The monoisotopic (exact) mass is 232 g/mol. The summed E-state index contributed by atoms with van der Waals surface area (Å²) in [6.07, 6.45) is 0. The van der Waals surface area contributed by atoms with Gasteiger partial charge in [-0.25, -0.2) is 10.8 Å². The first kappa shape index (κ1) is 15.2.